The van der Waals surface area contributed by atoms with Gasteiger partial charge in [-0.05, 0) is 19.8 Å². The van der Waals surface area contributed by atoms with E-state index < -0.39 is 11.6 Å². The average molecular weight is 305 g/mol. The number of nitrogens with zero attached hydrogens (tertiary/aromatic N) is 3. The second-order valence-electron chi connectivity index (χ2n) is 5.68. The summed E-state index contributed by atoms with van der Waals surface area (Å²) in [4.78, 5) is 28.9. The average Bonchev–Trinajstić information content (AvgIpc) is 3.07. The van der Waals surface area contributed by atoms with Crippen molar-refractivity contribution in [3.05, 3.63) is 25.3 Å². The van der Waals surface area contributed by atoms with Gasteiger partial charge in [0.25, 0.3) is 0 Å². The van der Waals surface area contributed by atoms with Gasteiger partial charge in [0, 0.05) is 6.54 Å². The molecule has 0 bridgehead atoms. The van der Waals surface area contributed by atoms with Crippen molar-refractivity contribution in [1.82, 2.24) is 25.4 Å². The first-order chi connectivity index (χ1) is 10.6. The highest BCUT2D eigenvalue weighted by Crippen LogP contribution is 2.29. The zero-order chi connectivity index (χ0) is 16.0. The lowest BCUT2D eigenvalue weighted by atomic mass is 9.80. The fourth-order valence-electron chi connectivity index (χ4n) is 2.78. The summed E-state index contributed by atoms with van der Waals surface area (Å²) < 4.78 is 1.48. The van der Waals surface area contributed by atoms with Gasteiger partial charge in [0.2, 0.25) is 11.8 Å². The maximum atomic E-state index is 12.5. The van der Waals surface area contributed by atoms with Gasteiger partial charge >= 0.3 is 0 Å². The van der Waals surface area contributed by atoms with Crippen LogP contribution in [0.25, 0.3) is 0 Å². The molecule has 1 aromatic heterocycles. The van der Waals surface area contributed by atoms with Crippen molar-refractivity contribution in [3.63, 3.8) is 0 Å². The molecule has 0 saturated heterocycles. The predicted octanol–water partition coefficient (Wildman–Crippen LogP) is 0.960. The Morgan fingerprint density at radius 3 is 2.73 bits per heavy atom. The van der Waals surface area contributed by atoms with Gasteiger partial charge in [0.05, 0.1) is 0 Å². The first kappa shape index (κ1) is 16.2. The minimum atomic E-state index is -0.826. The Hall–Kier alpha value is -2.18. The molecule has 120 valence electrons. The summed E-state index contributed by atoms with van der Waals surface area (Å²) in [6, 6.07) is -0.506. The fraction of sp³-hybridized carbons (Fsp3) is 0.600. The SMILES string of the molecule is C=CCNC(=O)C1(NC(=O)[C@@H](C)n2cncn2)CCCCC1. The second kappa shape index (κ2) is 7.20. The van der Waals surface area contributed by atoms with Crippen molar-refractivity contribution >= 4 is 11.8 Å². The second-order valence-corrected chi connectivity index (χ2v) is 5.68. The Morgan fingerprint density at radius 1 is 1.41 bits per heavy atom. The number of hydrogen-bond acceptors (Lipinski definition) is 4. The number of nitrogens with one attached hydrogen (secondary N) is 2. The van der Waals surface area contributed by atoms with E-state index in [9.17, 15) is 9.59 Å². The fourth-order valence-corrected chi connectivity index (χ4v) is 2.78. The zero-order valence-electron chi connectivity index (χ0n) is 12.9. The van der Waals surface area contributed by atoms with E-state index in [1.54, 1.807) is 13.0 Å². The van der Waals surface area contributed by atoms with E-state index in [-0.39, 0.29) is 11.8 Å². The Morgan fingerprint density at radius 2 is 2.14 bits per heavy atom. The topological polar surface area (TPSA) is 88.9 Å². The van der Waals surface area contributed by atoms with Crippen LogP contribution in [-0.2, 0) is 9.59 Å². The first-order valence-electron chi connectivity index (χ1n) is 7.64. The van der Waals surface area contributed by atoms with Gasteiger partial charge < -0.3 is 10.6 Å². The maximum Gasteiger partial charge on any atom is 0.246 e. The lowest BCUT2D eigenvalue weighted by Crippen LogP contribution is -2.60. The molecular formula is C15H23N5O2. The standard InChI is InChI=1S/C15H23N5O2/c1-3-9-17-14(22)15(7-5-4-6-8-15)19-13(21)12(2)20-11-16-10-18-20/h3,10-12H,1,4-9H2,2H3,(H,17,22)(H,19,21)/t12-/m1/s1. The zero-order valence-corrected chi connectivity index (χ0v) is 12.9. The van der Waals surface area contributed by atoms with Gasteiger partial charge in [0.15, 0.2) is 0 Å². The molecule has 22 heavy (non-hydrogen) atoms. The highest BCUT2D eigenvalue weighted by atomic mass is 16.2. The number of aromatic nitrogens is 3. The van der Waals surface area contributed by atoms with E-state index in [0.29, 0.717) is 19.4 Å². The quantitative estimate of drug-likeness (QED) is 0.766. The molecule has 1 fully saturated rings. The molecule has 0 spiro atoms. The molecule has 1 atom stereocenters. The Kier molecular flexibility index (Phi) is 5.30. The van der Waals surface area contributed by atoms with E-state index in [2.05, 4.69) is 27.3 Å². The van der Waals surface area contributed by atoms with Crippen LogP contribution in [0.3, 0.4) is 0 Å². The van der Waals surface area contributed by atoms with Crippen LogP contribution < -0.4 is 10.6 Å². The van der Waals surface area contributed by atoms with E-state index in [1.165, 1.54) is 17.3 Å². The summed E-state index contributed by atoms with van der Waals surface area (Å²) >= 11 is 0. The first-order valence-corrected chi connectivity index (χ1v) is 7.64. The van der Waals surface area contributed by atoms with Crippen molar-refractivity contribution in [2.45, 2.75) is 50.6 Å². The number of hydrogen-bond donors (Lipinski definition) is 2. The molecule has 7 heteroatoms. The molecule has 1 saturated carbocycles. The van der Waals surface area contributed by atoms with Gasteiger partial charge in [-0.2, -0.15) is 5.10 Å². The van der Waals surface area contributed by atoms with Crippen molar-refractivity contribution in [3.8, 4) is 0 Å². The smallest absolute Gasteiger partial charge is 0.246 e. The molecular weight excluding hydrogens is 282 g/mol. The van der Waals surface area contributed by atoms with Crippen LogP contribution >= 0.6 is 0 Å². The highest BCUT2D eigenvalue weighted by molar-refractivity contribution is 5.92. The summed E-state index contributed by atoms with van der Waals surface area (Å²) in [7, 11) is 0. The van der Waals surface area contributed by atoms with Crippen molar-refractivity contribution in [1.29, 1.82) is 0 Å². The molecule has 1 aliphatic carbocycles. The van der Waals surface area contributed by atoms with E-state index >= 15 is 0 Å². The highest BCUT2D eigenvalue weighted by Gasteiger charge is 2.41. The molecule has 1 heterocycles. The van der Waals surface area contributed by atoms with Gasteiger partial charge in [-0.15, -0.1) is 6.58 Å². The minimum Gasteiger partial charge on any atom is -0.351 e. The third-order valence-corrected chi connectivity index (χ3v) is 4.12. The van der Waals surface area contributed by atoms with Gasteiger partial charge in [-0.1, -0.05) is 25.3 Å². The molecule has 1 aromatic rings. The molecule has 2 rings (SSSR count). The molecule has 2 amide bonds. The van der Waals surface area contributed by atoms with E-state index in [1.807, 2.05) is 0 Å². The summed E-state index contributed by atoms with van der Waals surface area (Å²) in [6.45, 7) is 5.74. The van der Waals surface area contributed by atoms with Crippen LogP contribution in [0.1, 0.15) is 45.1 Å². The summed E-state index contributed by atoms with van der Waals surface area (Å²) in [5, 5.41) is 9.75. The third-order valence-electron chi connectivity index (χ3n) is 4.12. The van der Waals surface area contributed by atoms with Crippen molar-refractivity contribution in [2.75, 3.05) is 6.54 Å². The summed E-state index contributed by atoms with van der Waals surface area (Å²) in [6.07, 6.45) is 8.78. The van der Waals surface area contributed by atoms with E-state index in [4.69, 9.17) is 0 Å². The van der Waals surface area contributed by atoms with Crippen LogP contribution in [0, 0.1) is 0 Å². The molecule has 0 radical (unpaired) electrons. The molecule has 2 N–H and O–H groups in total. The summed E-state index contributed by atoms with van der Waals surface area (Å²) in [5.74, 6) is -0.354. The molecule has 1 aliphatic rings. The lowest BCUT2D eigenvalue weighted by Gasteiger charge is -2.37. The Bertz CT molecular complexity index is 520. The van der Waals surface area contributed by atoms with Crippen LogP contribution in [0.5, 0.6) is 0 Å². The third kappa shape index (κ3) is 3.52. The predicted molar refractivity (Wildman–Crippen MR) is 81.9 cm³/mol. The number of rotatable bonds is 6. The van der Waals surface area contributed by atoms with Gasteiger partial charge in [-0.3, -0.25) is 9.59 Å². The van der Waals surface area contributed by atoms with Crippen LogP contribution in [0.15, 0.2) is 25.3 Å². The van der Waals surface area contributed by atoms with Gasteiger partial charge in [0.1, 0.15) is 24.2 Å². The molecule has 0 aliphatic heterocycles. The number of amides is 2. The monoisotopic (exact) mass is 305 g/mol. The Balaban J connectivity index is 2.10. The van der Waals surface area contributed by atoms with Crippen molar-refractivity contribution in [2.24, 2.45) is 0 Å². The normalized spacial score (nSPS) is 18.2. The van der Waals surface area contributed by atoms with Crippen molar-refractivity contribution < 1.29 is 9.59 Å². The molecule has 0 aromatic carbocycles. The lowest BCUT2D eigenvalue weighted by molar-refractivity contribution is -0.136. The largest absolute Gasteiger partial charge is 0.351 e. The maximum absolute atomic E-state index is 12.5. The van der Waals surface area contributed by atoms with Gasteiger partial charge in [-0.25, -0.2) is 9.67 Å². The number of carbonyl (C=O) groups is 2. The number of carbonyl (C=O) groups excluding carboxylic acids is 2. The molecule has 7 nitrogen and oxygen atoms in total. The van der Waals surface area contributed by atoms with Crippen LogP contribution in [0.2, 0.25) is 0 Å². The van der Waals surface area contributed by atoms with Crippen LogP contribution in [-0.4, -0.2) is 38.7 Å². The minimum absolute atomic E-state index is 0.133. The van der Waals surface area contributed by atoms with Crippen LogP contribution in [0.4, 0.5) is 0 Å². The summed E-state index contributed by atoms with van der Waals surface area (Å²) in [5.41, 5.74) is -0.826. The molecule has 0 unspecified atom stereocenters. The van der Waals surface area contributed by atoms with E-state index in [0.717, 1.165) is 19.3 Å². The Labute approximate surface area is 130 Å².